The maximum absolute atomic E-state index is 13.9. The summed E-state index contributed by atoms with van der Waals surface area (Å²) in [5, 5.41) is 4.80. The third-order valence-corrected chi connectivity index (χ3v) is 6.49. The van der Waals surface area contributed by atoms with Crippen LogP contribution in [-0.4, -0.2) is 60.8 Å². The average Bonchev–Trinajstić information content (AvgIpc) is 3.37. The van der Waals surface area contributed by atoms with E-state index in [0.717, 1.165) is 34.9 Å². The van der Waals surface area contributed by atoms with Gasteiger partial charge in [-0.3, -0.25) is 14.4 Å². The third-order valence-electron chi connectivity index (χ3n) is 6.26. The molecule has 1 aromatic heterocycles. The van der Waals surface area contributed by atoms with Gasteiger partial charge >= 0.3 is 5.97 Å². The number of fused-ring (bicyclic) bond motifs is 3. The van der Waals surface area contributed by atoms with Crippen LogP contribution in [0.4, 0.5) is 8.78 Å². The topological polar surface area (TPSA) is 82.9 Å². The molecule has 0 saturated heterocycles. The SMILES string of the molecule is C=C/C=C(CN(C)CCOc1ccc(C(=O)OC)cc1F)\C(F)=C/C.CC.Cn1nc(C=O)c2c1-c1cc(Cl)ccc1OC2. The van der Waals surface area contributed by atoms with E-state index in [4.69, 9.17) is 21.1 Å². The second-order valence-corrected chi connectivity index (χ2v) is 9.61. The molecule has 2 aromatic carbocycles. The van der Waals surface area contributed by atoms with Gasteiger partial charge in [-0.1, -0.05) is 50.3 Å². The molecule has 236 valence electrons. The van der Waals surface area contributed by atoms with Crippen molar-refractivity contribution in [3.63, 3.8) is 0 Å². The number of likely N-dealkylation sites (N-methyl/N-ethyl adjacent to an activating group) is 1. The van der Waals surface area contributed by atoms with Crippen molar-refractivity contribution >= 4 is 23.9 Å². The normalized spacial score (nSPS) is 12.0. The van der Waals surface area contributed by atoms with Crippen molar-refractivity contribution in [3.8, 4) is 22.8 Å². The van der Waals surface area contributed by atoms with Gasteiger partial charge in [0.05, 0.1) is 18.4 Å². The van der Waals surface area contributed by atoms with Crippen LogP contribution in [0.2, 0.25) is 5.02 Å². The van der Waals surface area contributed by atoms with E-state index in [2.05, 4.69) is 16.4 Å². The summed E-state index contributed by atoms with van der Waals surface area (Å²) in [4.78, 5) is 24.1. The number of carbonyl (C=O) groups is 2. The Morgan fingerprint density at radius 3 is 2.59 bits per heavy atom. The zero-order valence-electron chi connectivity index (χ0n) is 25.8. The van der Waals surface area contributed by atoms with Gasteiger partial charge < -0.3 is 14.2 Å². The standard InChI is InChI=1S/C19H23F2NO3.C12H9ClN2O2.C2H6/c1-5-7-15(16(20)6-2)13-22(3)10-11-25-18-9-8-14(12-17(18)21)19(23)24-4;1-15-12-8-4-7(13)2-3-11(8)17-6-9(12)10(5-16)14-15;1-2/h5-9,12H,1,10-11,13H2,2-4H3;2-5H,6H2,1H3;1-2H3/b15-7-,16-6+;;. The molecule has 0 bridgehead atoms. The first-order chi connectivity index (χ1) is 21.1. The zero-order chi connectivity index (χ0) is 32.8. The van der Waals surface area contributed by atoms with Crippen LogP contribution < -0.4 is 9.47 Å². The Labute approximate surface area is 262 Å². The highest BCUT2D eigenvalue weighted by atomic mass is 35.5. The first-order valence-electron chi connectivity index (χ1n) is 13.9. The van der Waals surface area contributed by atoms with E-state index >= 15 is 0 Å². The number of nitrogens with zero attached hydrogens (tertiary/aromatic N) is 3. The van der Waals surface area contributed by atoms with Crippen LogP contribution in [0.3, 0.4) is 0 Å². The molecular weight excluding hydrogens is 592 g/mol. The van der Waals surface area contributed by atoms with Crippen LogP contribution in [0, 0.1) is 5.82 Å². The molecule has 0 N–H and O–H groups in total. The smallest absolute Gasteiger partial charge is 0.337 e. The fraction of sp³-hybridized carbons (Fsp3) is 0.303. The molecule has 4 rings (SSSR count). The summed E-state index contributed by atoms with van der Waals surface area (Å²) >= 11 is 5.98. The lowest BCUT2D eigenvalue weighted by Crippen LogP contribution is -2.26. The Morgan fingerprint density at radius 1 is 1.25 bits per heavy atom. The summed E-state index contributed by atoms with van der Waals surface area (Å²) in [6, 6.07) is 9.31. The Balaban J connectivity index is 0.000000306. The first kappa shape index (κ1) is 35.9. The van der Waals surface area contributed by atoms with Gasteiger partial charge in [-0.25, -0.2) is 13.6 Å². The fourth-order valence-electron chi connectivity index (χ4n) is 4.21. The first-order valence-corrected chi connectivity index (χ1v) is 14.3. The number of carbonyl (C=O) groups excluding carboxylic acids is 2. The van der Waals surface area contributed by atoms with Crippen molar-refractivity contribution in [1.82, 2.24) is 14.7 Å². The number of methoxy groups -OCH3 is 1. The summed E-state index contributed by atoms with van der Waals surface area (Å²) in [7, 11) is 4.84. The van der Waals surface area contributed by atoms with Gasteiger partial charge in [-0.05, 0) is 50.4 Å². The Bertz CT molecular complexity index is 1520. The Kier molecular flexibility index (Phi) is 14.5. The molecule has 0 aliphatic carbocycles. The van der Waals surface area contributed by atoms with Crippen LogP contribution in [0.25, 0.3) is 11.3 Å². The minimum Gasteiger partial charge on any atom is -0.489 e. The third kappa shape index (κ3) is 9.36. The summed E-state index contributed by atoms with van der Waals surface area (Å²) in [5.41, 5.74) is 3.64. The van der Waals surface area contributed by atoms with Crippen LogP contribution in [0.5, 0.6) is 11.5 Å². The molecule has 0 spiro atoms. The number of benzene rings is 2. The number of hydrogen-bond donors (Lipinski definition) is 0. The zero-order valence-corrected chi connectivity index (χ0v) is 26.6. The summed E-state index contributed by atoms with van der Waals surface area (Å²) in [6.07, 6.45) is 5.27. The summed E-state index contributed by atoms with van der Waals surface area (Å²) in [5.74, 6) is -0.752. The predicted molar refractivity (Wildman–Crippen MR) is 169 cm³/mol. The summed E-state index contributed by atoms with van der Waals surface area (Å²) < 4.78 is 44.8. The fourth-order valence-corrected chi connectivity index (χ4v) is 4.38. The number of rotatable bonds is 10. The lowest BCUT2D eigenvalue weighted by atomic mass is 10.0. The van der Waals surface area contributed by atoms with E-state index in [1.54, 1.807) is 30.8 Å². The molecule has 0 unspecified atom stereocenters. The van der Waals surface area contributed by atoms with Gasteiger partial charge in [0, 0.05) is 41.9 Å². The van der Waals surface area contributed by atoms with E-state index in [-0.39, 0.29) is 23.7 Å². The average molecular weight is 630 g/mol. The highest BCUT2D eigenvalue weighted by molar-refractivity contribution is 6.31. The van der Waals surface area contributed by atoms with Crippen molar-refractivity contribution in [2.75, 3.05) is 33.9 Å². The van der Waals surface area contributed by atoms with Gasteiger partial charge in [-0.15, -0.1) is 0 Å². The lowest BCUT2D eigenvalue weighted by molar-refractivity contribution is 0.0600. The minimum atomic E-state index is -0.641. The number of allylic oxidation sites excluding steroid dienone is 3. The molecule has 8 nitrogen and oxygen atoms in total. The number of ether oxygens (including phenoxy) is 3. The monoisotopic (exact) mass is 629 g/mol. The van der Waals surface area contributed by atoms with E-state index in [9.17, 15) is 18.4 Å². The largest absolute Gasteiger partial charge is 0.489 e. The van der Waals surface area contributed by atoms with Gasteiger partial charge in [0.15, 0.2) is 17.9 Å². The molecular formula is C33H38ClF2N3O5. The van der Waals surface area contributed by atoms with E-state index in [1.165, 1.54) is 31.4 Å². The highest BCUT2D eigenvalue weighted by Crippen LogP contribution is 2.39. The Morgan fingerprint density at radius 2 is 1.98 bits per heavy atom. The van der Waals surface area contributed by atoms with Crippen LogP contribution in [0.1, 0.15) is 47.2 Å². The van der Waals surface area contributed by atoms with E-state index in [0.29, 0.717) is 36.0 Å². The van der Waals surface area contributed by atoms with Crippen molar-refractivity contribution in [1.29, 1.82) is 0 Å². The van der Waals surface area contributed by atoms with Crippen LogP contribution >= 0.6 is 11.6 Å². The molecule has 44 heavy (non-hydrogen) atoms. The van der Waals surface area contributed by atoms with E-state index in [1.807, 2.05) is 37.9 Å². The van der Waals surface area contributed by atoms with Gasteiger partial charge in [-0.2, -0.15) is 5.10 Å². The minimum absolute atomic E-state index is 0.0440. The number of aromatic nitrogens is 2. The second-order valence-electron chi connectivity index (χ2n) is 9.17. The van der Waals surface area contributed by atoms with Gasteiger partial charge in [0.1, 0.15) is 30.5 Å². The number of esters is 1. The quantitative estimate of drug-likeness (QED) is 0.131. The number of halogens is 3. The summed E-state index contributed by atoms with van der Waals surface area (Å²) in [6.45, 7) is 10.6. The number of hydrogen-bond acceptors (Lipinski definition) is 7. The van der Waals surface area contributed by atoms with Gasteiger partial charge in [0.2, 0.25) is 0 Å². The molecule has 1 aliphatic rings. The predicted octanol–water partition coefficient (Wildman–Crippen LogP) is 7.38. The lowest BCUT2D eigenvalue weighted by Gasteiger charge is -2.18. The molecule has 0 amide bonds. The molecule has 11 heteroatoms. The Hall–Kier alpha value is -4.28. The maximum atomic E-state index is 13.9. The van der Waals surface area contributed by atoms with Crippen molar-refractivity contribution in [3.05, 3.63) is 100 Å². The van der Waals surface area contributed by atoms with Crippen LogP contribution in [-0.2, 0) is 18.4 Å². The number of aldehydes is 1. The molecule has 3 aromatic rings. The molecule has 2 heterocycles. The molecule has 0 atom stereocenters. The second kappa shape index (κ2) is 17.7. The maximum Gasteiger partial charge on any atom is 0.337 e. The molecule has 0 saturated carbocycles. The number of aryl methyl sites for hydroxylation is 1. The van der Waals surface area contributed by atoms with Crippen molar-refractivity contribution < 1.29 is 32.6 Å². The van der Waals surface area contributed by atoms with Crippen molar-refractivity contribution in [2.45, 2.75) is 27.4 Å². The van der Waals surface area contributed by atoms with E-state index < -0.39 is 11.8 Å². The highest BCUT2D eigenvalue weighted by Gasteiger charge is 2.25. The van der Waals surface area contributed by atoms with Gasteiger partial charge in [0.25, 0.3) is 0 Å². The van der Waals surface area contributed by atoms with Crippen molar-refractivity contribution in [2.24, 2.45) is 7.05 Å². The van der Waals surface area contributed by atoms with Crippen LogP contribution in [0.15, 0.2) is 72.6 Å². The molecule has 0 radical (unpaired) electrons. The molecule has 1 aliphatic heterocycles. The molecule has 0 fully saturated rings.